The lowest BCUT2D eigenvalue weighted by Gasteiger charge is -2.26. The Bertz CT molecular complexity index is 347. The zero-order valence-corrected chi connectivity index (χ0v) is 9.40. The third-order valence-corrected chi connectivity index (χ3v) is 2.50. The molecule has 0 saturated carbocycles. The van der Waals surface area contributed by atoms with Gasteiger partial charge in [-0.2, -0.15) is 0 Å². The summed E-state index contributed by atoms with van der Waals surface area (Å²) in [4.78, 5) is 12.5. The van der Waals surface area contributed by atoms with Gasteiger partial charge in [-0.25, -0.2) is 0 Å². The predicted octanol–water partition coefficient (Wildman–Crippen LogP) is 1.97. The predicted molar refractivity (Wildman–Crippen MR) is 61.3 cm³/mol. The van der Waals surface area contributed by atoms with Crippen molar-refractivity contribution in [3.8, 4) is 0 Å². The lowest BCUT2D eigenvalue weighted by Crippen LogP contribution is -2.32. The van der Waals surface area contributed by atoms with E-state index in [1.165, 1.54) is 0 Å². The molecule has 0 aromatic heterocycles. The van der Waals surface area contributed by atoms with Crippen molar-refractivity contribution < 1.29 is 9.90 Å². The quantitative estimate of drug-likeness (QED) is 0.606. The van der Waals surface area contributed by atoms with E-state index in [2.05, 4.69) is 0 Å². The molecule has 0 fully saturated rings. The highest BCUT2D eigenvalue weighted by Gasteiger charge is 2.10. The molecule has 1 atom stereocenters. The number of rotatable bonds is 4. The van der Waals surface area contributed by atoms with Gasteiger partial charge in [0.15, 0.2) is 0 Å². The average Bonchev–Trinajstić information content (AvgIpc) is 2.18. The van der Waals surface area contributed by atoms with Gasteiger partial charge >= 0.3 is 0 Å². The Hall–Kier alpha value is -1.35. The molecule has 1 rings (SSSR count). The first-order chi connectivity index (χ1) is 7.10. The maximum atomic E-state index is 10.6. The van der Waals surface area contributed by atoms with Crippen LogP contribution in [0.4, 0.5) is 5.69 Å². The lowest BCUT2D eigenvalue weighted by molar-refractivity contribution is 0.112. The van der Waals surface area contributed by atoms with Crippen LogP contribution in [0.1, 0.15) is 29.8 Å². The zero-order valence-electron chi connectivity index (χ0n) is 9.40. The van der Waals surface area contributed by atoms with E-state index in [0.717, 1.165) is 24.1 Å². The highest BCUT2D eigenvalue weighted by molar-refractivity contribution is 5.78. The summed E-state index contributed by atoms with van der Waals surface area (Å²) in [5, 5.41) is 9.54. The molecular weight excluding hydrogens is 190 g/mol. The van der Waals surface area contributed by atoms with Crippen LogP contribution in [0.2, 0.25) is 0 Å². The zero-order chi connectivity index (χ0) is 11.4. The van der Waals surface area contributed by atoms with Crippen LogP contribution in [0.3, 0.4) is 0 Å². The fourth-order valence-electron chi connectivity index (χ4n) is 1.63. The molecule has 1 N–H and O–H groups in total. The van der Waals surface area contributed by atoms with Crippen LogP contribution in [-0.4, -0.2) is 24.2 Å². The number of aliphatic hydroxyl groups excluding tert-OH is 1. The summed E-state index contributed by atoms with van der Waals surface area (Å²) in [6, 6.07) is 5.55. The Morgan fingerprint density at radius 1 is 1.53 bits per heavy atom. The number of carbonyl (C=O) groups is 1. The van der Waals surface area contributed by atoms with Crippen molar-refractivity contribution in [2.45, 2.75) is 27.0 Å². The minimum absolute atomic E-state index is 0.517. The maximum Gasteiger partial charge on any atom is 0.150 e. The summed E-state index contributed by atoms with van der Waals surface area (Å²) in [6.07, 6.45) is 0.328. The van der Waals surface area contributed by atoms with Crippen LogP contribution < -0.4 is 4.90 Å². The van der Waals surface area contributed by atoms with Crippen molar-refractivity contribution in [2.24, 2.45) is 0 Å². The molecule has 1 aromatic rings. The molecule has 1 unspecified atom stereocenters. The molecule has 0 aliphatic rings. The largest absolute Gasteiger partial charge is 0.374 e. The van der Waals surface area contributed by atoms with Gasteiger partial charge in [0.05, 0.1) is 0 Å². The highest BCUT2D eigenvalue weighted by Crippen LogP contribution is 2.19. The Balaban J connectivity index is 3.05. The summed E-state index contributed by atoms with van der Waals surface area (Å²) in [5.74, 6) is 0. The van der Waals surface area contributed by atoms with E-state index in [-0.39, 0.29) is 0 Å². The monoisotopic (exact) mass is 207 g/mol. The van der Waals surface area contributed by atoms with Crippen LogP contribution in [0.15, 0.2) is 18.2 Å². The number of carbonyl (C=O) groups excluding carboxylic acids is 1. The van der Waals surface area contributed by atoms with Gasteiger partial charge in [0, 0.05) is 17.8 Å². The number of nitrogens with zero attached hydrogens (tertiary/aromatic N) is 1. The summed E-state index contributed by atoms with van der Waals surface area (Å²) in [6.45, 7) is 6.34. The molecular formula is C12H17NO2. The first-order valence-corrected chi connectivity index (χ1v) is 5.10. The van der Waals surface area contributed by atoms with E-state index in [1.54, 1.807) is 13.0 Å². The summed E-state index contributed by atoms with van der Waals surface area (Å²) >= 11 is 0. The molecule has 0 amide bonds. The van der Waals surface area contributed by atoms with Crippen molar-refractivity contribution in [2.75, 3.05) is 11.4 Å². The van der Waals surface area contributed by atoms with Crippen molar-refractivity contribution in [3.05, 3.63) is 29.3 Å². The van der Waals surface area contributed by atoms with Gasteiger partial charge in [0.1, 0.15) is 12.5 Å². The molecule has 3 heteroatoms. The molecule has 3 nitrogen and oxygen atoms in total. The molecule has 0 spiro atoms. The Morgan fingerprint density at radius 2 is 2.20 bits per heavy atom. The number of aldehydes is 1. The molecule has 0 aliphatic carbocycles. The second-order valence-electron chi connectivity index (χ2n) is 3.58. The normalized spacial score (nSPS) is 12.3. The van der Waals surface area contributed by atoms with Crippen LogP contribution >= 0.6 is 0 Å². The number of hydrogen-bond donors (Lipinski definition) is 1. The van der Waals surface area contributed by atoms with E-state index >= 15 is 0 Å². The third kappa shape index (κ3) is 2.57. The Morgan fingerprint density at radius 3 is 2.60 bits per heavy atom. The molecule has 82 valence electrons. The van der Waals surface area contributed by atoms with Crippen molar-refractivity contribution in [1.29, 1.82) is 0 Å². The van der Waals surface area contributed by atoms with E-state index in [1.807, 2.05) is 30.9 Å². The maximum absolute atomic E-state index is 10.6. The smallest absolute Gasteiger partial charge is 0.150 e. The van der Waals surface area contributed by atoms with Crippen molar-refractivity contribution in [3.63, 3.8) is 0 Å². The third-order valence-electron chi connectivity index (χ3n) is 2.50. The molecule has 0 radical (unpaired) electrons. The first kappa shape index (κ1) is 11.7. The second-order valence-corrected chi connectivity index (χ2v) is 3.58. The summed E-state index contributed by atoms with van der Waals surface area (Å²) in [5.41, 5.74) is 2.57. The van der Waals surface area contributed by atoms with Crippen LogP contribution in [0.25, 0.3) is 0 Å². The van der Waals surface area contributed by atoms with E-state index in [9.17, 15) is 9.90 Å². The molecule has 1 aromatic carbocycles. The number of benzene rings is 1. The summed E-state index contributed by atoms with van der Waals surface area (Å²) in [7, 11) is 0. The molecule has 15 heavy (non-hydrogen) atoms. The van der Waals surface area contributed by atoms with E-state index < -0.39 is 6.23 Å². The van der Waals surface area contributed by atoms with Gasteiger partial charge in [0.25, 0.3) is 0 Å². The minimum Gasteiger partial charge on any atom is -0.374 e. The number of anilines is 1. The van der Waals surface area contributed by atoms with Gasteiger partial charge in [-0.15, -0.1) is 0 Å². The van der Waals surface area contributed by atoms with Gasteiger partial charge in [-0.3, -0.25) is 4.79 Å². The van der Waals surface area contributed by atoms with Gasteiger partial charge in [0.2, 0.25) is 0 Å². The number of aliphatic hydroxyl groups is 1. The fraction of sp³-hybridized carbons (Fsp3) is 0.417. The van der Waals surface area contributed by atoms with E-state index in [4.69, 9.17) is 0 Å². The first-order valence-electron chi connectivity index (χ1n) is 5.10. The molecule has 0 heterocycles. The van der Waals surface area contributed by atoms with Gasteiger partial charge in [-0.1, -0.05) is 0 Å². The van der Waals surface area contributed by atoms with Gasteiger partial charge in [-0.05, 0) is 44.5 Å². The van der Waals surface area contributed by atoms with Crippen LogP contribution in [-0.2, 0) is 0 Å². The van der Waals surface area contributed by atoms with E-state index in [0.29, 0.717) is 5.56 Å². The lowest BCUT2D eigenvalue weighted by atomic mass is 10.1. The average molecular weight is 207 g/mol. The van der Waals surface area contributed by atoms with Crippen LogP contribution in [0.5, 0.6) is 0 Å². The highest BCUT2D eigenvalue weighted by atomic mass is 16.3. The van der Waals surface area contributed by atoms with Gasteiger partial charge < -0.3 is 10.0 Å². The Kier molecular flexibility index (Phi) is 3.86. The molecule has 0 saturated heterocycles. The molecule has 0 aliphatic heterocycles. The van der Waals surface area contributed by atoms with Crippen LogP contribution in [0, 0.1) is 6.92 Å². The number of hydrogen-bond acceptors (Lipinski definition) is 3. The van der Waals surface area contributed by atoms with Crippen molar-refractivity contribution in [1.82, 2.24) is 0 Å². The summed E-state index contributed by atoms with van der Waals surface area (Å²) < 4.78 is 0. The SMILES string of the molecule is CCN(c1ccc(C=O)c(C)c1)C(C)O. The Labute approximate surface area is 90.3 Å². The molecule has 0 bridgehead atoms. The fourth-order valence-corrected chi connectivity index (χ4v) is 1.63. The second kappa shape index (κ2) is 4.94. The topological polar surface area (TPSA) is 40.5 Å². The standard InChI is InChI=1S/C12H17NO2/c1-4-13(10(3)15)12-6-5-11(8-14)9(2)7-12/h5-8,10,15H,4H2,1-3H3. The van der Waals surface area contributed by atoms with Crippen molar-refractivity contribution >= 4 is 12.0 Å². The minimum atomic E-state index is -0.517. The number of aryl methyl sites for hydroxylation is 1.